The third kappa shape index (κ3) is 3.52. The summed E-state index contributed by atoms with van der Waals surface area (Å²) in [7, 11) is 2.01. The largest absolute Gasteiger partial charge is 0.376 e. The van der Waals surface area contributed by atoms with Crippen LogP contribution >= 0.6 is 12.2 Å². The van der Waals surface area contributed by atoms with E-state index in [9.17, 15) is 0 Å². The van der Waals surface area contributed by atoms with Crippen LogP contribution in [0.5, 0.6) is 0 Å². The molecule has 1 fully saturated rings. The number of rotatable bonds is 3. The Bertz CT molecular complexity index is 637. The summed E-state index contributed by atoms with van der Waals surface area (Å²) in [4.78, 5) is 2.06. The van der Waals surface area contributed by atoms with Crippen LogP contribution in [0.2, 0.25) is 0 Å². The molecule has 0 aliphatic carbocycles. The summed E-state index contributed by atoms with van der Waals surface area (Å²) in [6.07, 6.45) is 2.60. The lowest BCUT2D eigenvalue weighted by Gasteiger charge is -2.24. The van der Waals surface area contributed by atoms with Crippen LogP contribution in [-0.2, 0) is 4.74 Å². The SMILES string of the molecule is CN(CC1CCCO1)C(=S)Nc1ccc2ccccc2c1. The number of hydrogen-bond donors (Lipinski definition) is 1. The van der Waals surface area contributed by atoms with Gasteiger partial charge in [0.25, 0.3) is 0 Å². The maximum absolute atomic E-state index is 5.65. The summed E-state index contributed by atoms with van der Waals surface area (Å²) in [5.74, 6) is 0. The summed E-state index contributed by atoms with van der Waals surface area (Å²) in [5, 5.41) is 6.50. The predicted molar refractivity (Wildman–Crippen MR) is 91.8 cm³/mol. The van der Waals surface area contributed by atoms with E-state index in [2.05, 4.69) is 46.6 Å². The van der Waals surface area contributed by atoms with Gasteiger partial charge in [-0.15, -0.1) is 0 Å². The summed E-state index contributed by atoms with van der Waals surface area (Å²) in [6.45, 7) is 1.72. The van der Waals surface area contributed by atoms with Crippen molar-refractivity contribution in [1.29, 1.82) is 0 Å². The average molecular weight is 300 g/mol. The molecule has 110 valence electrons. The molecule has 1 aliphatic rings. The van der Waals surface area contributed by atoms with E-state index < -0.39 is 0 Å². The van der Waals surface area contributed by atoms with Crippen LogP contribution in [0.4, 0.5) is 5.69 Å². The third-order valence-electron chi connectivity index (χ3n) is 3.85. The van der Waals surface area contributed by atoms with Crippen molar-refractivity contribution < 1.29 is 4.74 Å². The number of anilines is 1. The standard InChI is InChI=1S/C17H20N2OS/c1-19(12-16-7-4-10-20-16)17(21)18-15-9-8-13-5-2-3-6-14(13)11-15/h2-3,5-6,8-9,11,16H,4,7,10,12H2,1H3,(H,18,21). The zero-order chi connectivity index (χ0) is 14.7. The third-order valence-corrected chi connectivity index (χ3v) is 4.26. The van der Waals surface area contributed by atoms with Gasteiger partial charge in [-0.3, -0.25) is 0 Å². The molecule has 0 aromatic heterocycles. The van der Waals surface area contributed by atoms with Gasteiger partial charge in [0.05, 0.1) is 6.10 Å². The number of fused-ring (bicyclic) bond motifs is 1. The van der Waals surface area contributed by atoms with Crippen LogP contribution in [0, 0.1) is 0 Å². The maximum atomic E-state index is 5.65. The van der Waals surface area contributed by atoms with Crippen LogP contribution in [0.3, 0.4) is 0 Å². The number of benzene rings is 2. The topological polar surface area (TPSA) is 24.5 Å². The van der Waals surface area contributed by atoms with Crippen LogP contribution < -0.4 is 5.32 Å². The molecule has 3 nitrogen and oxygen atoms in total. The zero-order valence-corrected chi connectivity index (χ0v) is 13.0. The normalized spacial score (nSPS) is 17.9. The molecule has 4 heteroatoms. The summed E-state index contributed by atoms with van der Waals surface area (Å²) in [6, 6.07) is 14.6. The number of likely N-dealkylation sites (N-methyl/N-ethyl adjacent to an activating group) is 1. The Labute approximate surface area is 130 Å². The van der Waals surface area contributed by atoms with E-state index >= 15 is 0 Å². The Morgan fingerprint density at radius 3 is 2.86 bits per heavy atom. The van der Waals surface area contributed by atoms with Crippen LogP contribution in [-0.4, -0.2) is 36.3 Å². The van der Waals surface area contributed by atoms with Crippen LogP contribution in [0.1, 0.15) is 12.8 Å². The fraction of sp³-hybridized carbons (Fsp3) is 0.353. The molecule has 2 aromatic carbocycles. The molecule has 21 heavy (non-hydrogen) atoms. The van der Waals surface area contributed by atoms with Crippen molar-refractivity contribution >= 4 is 33.8 Å². The smallest absolute Gasteiger partial charge is 0.173 e. The predicted octanol–water partition coefficient (Wildman–Crippen LogP) is 3.65. The second-order valence-corrected chi connectivity index (χ2v) is 5.89. The molecule has 1 atom stereocenters. The molecule has 0 spiro atoms. The van der Waals surface area contributed by atoms with Gasteiger partial charge in [-0.2, -0.15) is 0 Å². The van der Waals surface area contributed by atoms with E-state index in [1.165, 1.54) is 10.8 Å². The highest BCUT2D eigenvalue weighted by molar-refractivity contribution is 7.80. The molecule has 1 heterocycles. The molecule has 0 amide bonds. The summed E-state index contributed by atoms with van der Waals surface area (Å²) >= 11 is 5.48. The monoisotopic (exact) mass is 300 g/mol. The number of nitrogens with zero attached hydrogens (tertiary/aromatic N) is 1. The first-order valence-electron chi connectivity index (χ1n) is 7.35. The second kappa shape index (κ2) is 6.41. The molecule has 0 saturated carbocycles. The van der Waals surface area contributed by atoms with Gasteiger partial charge < -0.3 is 15.0 Å². The lowest BCUT2D eigenvalue weighted by molar-refractivity contribution is 0.0963. The highest BCUT2D eigenvalue weighted by Gasteiger charge is 2.18. The quantitative estimate of drug-likeness (QED) is 0.875. The Hall–Kier alpha value is -1.65. The first-order chi connectivity index (χ1) is 10.2. The van der Waals surface area contributed by atoms with Crippen molar-refractivity contribution in [3.05, 3.63) is 42.5 Å². The summed E-state index contributed by atoms with van der Waals surface area (Å²) in [5.41, 5.74) is 1.03. The first-order valence-corrected chi connectivity index (χ1v) is 7.76. The second-order valence-electron chi connectivity index (χ2n) is 5.51. The van der Waals surface area contributed by atoms with E-state index in [1.54, 1.807) is 0 Å². The van der Waals surface area contributed by atoms with E-state index in [4.69, 9.17) is 17.0 Å². The fourth-order valence-electron chi connectivity index (χ4n) is 2.66. The minimum Gasteiger partial charge on any atom is -0.376 e. The Morgan fingerprint density at radius 2 is 2.10 bits per heavy atom. The number of hydrogen-bond acceptors (Lipinski definition) is 2. The van der Waals surface area contributed by atoms with Crippen molar-refractivity contribution in [3.63, 3.8) is 0 Å². The molecule has 2 aromatic rings. The Morgan fingerprint density at radius 1 is 1.29 bits per heavy atom. The molecule has 1 aliphatic heterocycles. The fourth-order valence-corrected chi connectivity index (χ4v) is 2.86. The van der Waals surface area contributed by atoms with Gasteiger partial charge in [-0.25, -0.2) is 0 Å². The van der Waals surface area contributed by atoms with Crippen molar-refractivity contribution in [2.45, 2.75) is 18.9 Å². The molecular formula is C17H20N2OS. The number of thiocarbonyl (C=S) groups is 1. The lowest BCUT2D eigenvalue weighted by Crippen LogP contribution is -2.36. The molecule has 1 unspecified atom stereocenters. The van der Waals surface area contributed by atoms with Crippen LogP contribution in [0.25, 0.3) is 10.8 Å². The van der Waals surface area contributed by atoms with Gasteiger partial charge in [0.15, 0.2) is 5.11 Å². The Balaban J connectivity index is 1.64. The molecule has 1 N–H and O–H groups in total. The van der Waals surface area contributed by atoms with Gasteiger partial charge in [0.2, 0.25) is 0 Å². The average Bonchev–Trinajstić information content (AvgIpc) is 3.00. The zero-order valence-electron chi connectivity index (χ0n) is 12.2. The van der Waals surface area contributed by atoms with Crippen molar-refractivity contribution in [2.24, 2.45) is 0 Å². The van der Waals surface area contributed by atoms with E-state index in [1.807, 2.05) is 13.1 Å². The highest BCUT2D eigenvalue weighted by atomic mass is 32.1. The van der Waals surface area contributed by atoms with Crippen molar-refractivity contribution in [1.82, 2.24) is 4.90 Å². The van der Waals surface area contributed by atoms with Gasteiger partial charge in [0.1, 0.15) is 0 Å². The summed E-state index contributed by atoms with van der Waals surface area (Å²) < 4.78 is 5.65. The van der Waals surface area contributed by atoms with Gasteiger partial charge in [0, 0.05) is 25.9 Å². The van der Waals surface area contributed by atoms with Gasteiger partial charge >= 0.3 is 0 Å². The lowest BCUT2D eigenvalue weighted by atomic mass is 10.1. The number of ether oxygens (including phenoxy) is 1. The molecule has 0 radical (unpaired) electrons. The maximum Gasteiger partial charge on any atom is 0.173 e. The van der Waals surface area contributed by atoms with Crippen molar-refractivity contribution in [3.8, 4) is 0 Å². The molecule has 0 bridgehead atoms. The molecule has 3 rings (SSSR count). The van der Waals surface area contributed by atoms with E-state index in [-0.39, 0.29) is 0 Å². The van der Waals surface area contributed by atoms with E-state index in [0.29, 0.717) is 6.10 Å². The molecular weight excluding hydrogens is 280 g/mol. The van der Waals surface area contributed by atoms with E-state index in [0.717, 1.165) is 36.8 Å². The van der Waals surface area contributed by atoms with Crippen molar-refractivity contribution in [2.75, 3.05) is 25.5 Å². The number of nitrogens with one attached hydrogen (secondary N) is 1. The highest BCUT2D eigenvalue weighted by Crippen LogP contribution is 2.19. The van der Waals surface area contributed by atoms with Gasteiger partial charge in [-0.05, 0) is 48.0 Å². The Kier molecular flexibility index (Phi) is 4.36. The van der Waals surface area contributed by atoms with Crippen LogP contribution in [0.15, 0.2) is 42.5 Å². The minimum atomic E-state index is 0.311. The van der Waals surface area contributed by atoms with Gasteiger partial charge in [-0.1, -0.05) is 30.3 Å². The first kappa shape index (κ1) is 14.3. The molecule has 1 saturated heterocycles. The minimum absolute atomic E-state index is 0.311.